The van der Waals surface area contributed by atoms with Crippen LogP contribution in [0.25, 0.3) is 0 Å². The normalized spacial score (nSPS) is 14.8. The van der Waals surface area contributed by atoms with Gasteiger partial charge in [-0.25, -0.2) is 13.2 Å². The fraction of sp³-hybridized carbons (Fsp3) is 0.818. The standard InChI is InChI=1S/C11H21NO5S/c1-4-7-11(2,10(14)15)12-9(13)6-5-8-18(3,16)17/h4-8H2,1-3H3,(H,12,13)(H,14,15). The van der Waals surface area contributed by atoms with Crippen molar-refractivity contribution < 1.29 is 23.1 Å². The Bertz CT molecular complexity index is 404. The number of hydrogen-bond donors (Lipinski definition) is 2. The van der Waals surface area contributed by atoms with Gasteiger partial charge in [0.25, 0.3) is 0 Å². The van der Waals surface area contributed by atoms with Gasteiger partial charge in [0.15, 0.2) is 0 Å². The lowest BCUT2D eigenvalue weighted by Crippen LogP contribution is -2.52. The predicted molar refractivity (Wildman–Crippen MR) is 68.0 cm³/mol. The fourth-order valence-electron chi connectivity index (χ4n) is 1.59. The number of nitrogens with one attached hydrogen (secondary N) is 1. The minimum Gasteiger partial charge on any atom is -0.480 e. The van der Waals surface area contributed by atoms with Crippen LogP contribution in [0.4, 0.5) is 0 Å². The van der Waals surface area contributed by atoms with Crippen molar-refractivity contribution in [2.24, 2.45) is 0 Å². The van der Waals surface area contributed by atoms with Gasteiger partial charge < -0.3 is 10.4 Å². The Hall–Kier alpha value is -1.11. The Morgan fingerprint density at radius 3 is 2.28 bits per heavy atom. The van der Waals surface area contributed by atoms with Crippen molar-refractivity contribution in [2.75, 3.05) is 12.0 Å². The smallest absolute Gasteiger partial charge is 0.329 e. The summed E-state index contributed by atoms with van der Waals surface area (Å²) in [6.45, 7) is 3.28. The Kier molecular flexibility index (Phi) is 6.31. The van der Waals surface area contributed by atoms with Crippen LogP contribution in [-0.4, -0.2) is 42.9 Å². The number of carboxylic acid groups (broad SMARTS) is 1. The molecule has 0 saturated heterocycles. The molecule has 0 aliphatic carbocycles. The molecule has 0 aliphatic heterocycles. The minimum absolute atomic E-state index is 0.0135. The van der Waals surface area contributed by atoms with Gasteiger partial charge in [0, 0.05) is 12.7 Å². The van der Waals surface area contributed by atoms with Crippen LogP contribution in [0.5, 0.6) is 0 Å². The topological polar surface area (TPSA) is 101 Å². The zero-order valence-corrected chi connectivity index (χ0v) is 11.8. The molecule has 0 fully saturated rings. The molecule has 1 atom stereocenters. The van der Waals surface area contributed by atoms with Crippen LogP contribution >= 0.6 is 0 Å². The Morgan fingerprint density at radius 1 is 1.33 bits per heavy atom. The third-order valence-corrected chi connectivity index (χ3v) is 3.59. The molecule has 1 amide bonds. The lowest BCUT2D eigenvalue weighted by atomic mass is 9.96. The summed E-state index contributed by atoms with van der Waals surface area (Å²) in [6, 6.07) is 0. The number of hydrogen-bond acceptors (Lipinski definition) is 4. The first-order chi connectivity index (χ1) is 8.10. The van der Waals surface area contributed by atoms with E-state index in [-0.39, 0.29) is 18.6 Å². The molecule has 106 valence electrons. The maximum atomic E-state index is 11.6. The number of carboxylic acids is 1. The molecule has 0 aromatic carbocycles. The second-order valence-corrected chi connectivity index (χ2v) is 6.93. The summed E-state index contributed by atoms with van der Waals surface area (Å²) >= 11 is 0. The summed E-state index contributed by atoms with van der Waals surface area (Å²) in [5, 5.41) is 11.5. The highest BCUT2D eigenvalue weighted by Crippen LogP contribution is 2.13. The van der Waals surface area contributed by atoms with E-state index in [0.29, 0.717) is 12.8 Å². The van der Waals surface area contributed by atoms with Gasteiger partial charge in [-0.3, -0.25) is 4.79 Å². The molecule has 0 aliphatic rings. The monoisotopic (exact) mass is 279 g/mol. The van der Waals surface area contributed by atoms with Gasteiger partial charge in [0.1, 0.15) is 15.4 Å². The highest BCUT2D eigenvalue weighted by Gasteiger charge is 2.33. The summed E-state index contributed by atoms with van der Waals surface area (Å²) in [6.07, 6.45) is 2.28. The van der Waals surface area contributed by atoms with Crippen molar-refractivity contribution in [3.63, 3.8) is 0 Å². The Labute approximate surface area is 108 Å². The second kappa shape index (κ2) is 6.72. The maximum absolute atomic E-state index is 11.6. The molecule has 1 unspecified atom stereocenters. The zero-order chi connectivity index (χ0) is 14.4. The molecule has 0 bridgehead atoms. The molecule has 0 rings (SSSR count). The molecular formula is C11H21NO5S. The summed E-state index contributed by atoms with van der Waals surface area (Å²) < 4.78 is 21.8. The summed E-state index contributed by atoms with van der Waals surface area (Å²) in [5.41, 5.74) is -1.28. The maximum Gasteiger partial charge on any atom is 0.329 e. The van der Waals surface area contributed by atoms with Crippen LogP contribution in [0.1, 0.15) is 39.5 Å². The van der Waals surface area contributed by atoms with Crippen LogP contribution in [0.3, 0.4) is 0 Å². The molecule has 0 spiro atoms. The van der Waals surface area contributed by atoms with Gasteiger partial charge in [-0.2, -0.15) is 0 Å². The van der Waals surface area contributed by atoms with Crippen LogP contribution in [0, 0.1) is 0 Å². The summed E-state index contributed by atoms with van der Waals surface area (Å²) in [5.74, 6) is -1.59. The first-order valence-corrected chi connectivity index (χ1v) is 7.89. The molecular weight excluding hydrogens is 258 g/mol. The zero-order valence-electron chi connectivity index (χ0n) is 11.0. The van der Waals surface area contributed by atoms with Crippen molar-refractivity contribution in [3.05, 3.63) is 0 Å². The SMILES string of the molecule is CCCC(C)(NC(=O)CCCS(C)(=O)=O)C(=O)O. The molecule has 0 heterocycles. The molecule has 0 aromatic rings. The van der Waals surface area contributed by atoms with Crippen LogP contribution < -0.4 is 5.32 Å². The van der Waals surface area contributed by atoms with Gasteiger partial charge in [-0.15, -0.1) is 0 Å². The van der Waals surface area contributed by atoms with E-state index in [2.05, 4.69) is 5.32 Å². The highest BCUT2D eigenvalue weighted by molar-refractivity contribution is 7.90. The van der Waals surface area contributed by atoms with E-state index in [4.69, 9.17) is 5.11 Å². The summed E-state index contributed by atoms with van der Waals surface area (Å²) in [7, 11) is -3.09. The number of sulfone groups is 1. The first kappa shape index (κ1) is 16.9. The number of carbonyl (C=O) groups excluding carboxylic acids is 1. The molecule has 0 saturated carbocycles. The average molecular weight is 279 g/mol. The van der Waals surface area contributed by atoms with Gasteiger partial charge in [-0.1, -0.05) is 13.3 Å². The first-order valence-electron chi connectivity index (χ1n) is 5.83. The molecule has 18 heavy (non-hydrogen) atoms. The van der Waals surface area contributed by atoms with Crippen LogP contribution in [0.2, 0.25) is 0 Å². The quantitative estimate of drug-likeness (QED) is 0.676. The lowest BCUT2D eigenvalue weighted by Gasteiger charge is -2.25. The van der Waals surface area contributed by atoms with E-state index in [1.807, 2.05) is 6.92 Å². The third-order valence-electron chi connectivity index (χ3n) is 2.56. The van der Waals surface area contributed by atoms with Crippen LogP contribution in [-0.2, 0) is 19.4 Å². The predicted octanol–water partition coefficient (Wildman–Crippen LogP) is 0.571. The molecule has 2 N–H and O–H groups in total. The van der Waals surface area contributed by atoms with E-state index in [0.717, 1.165) is 6.26 Å². The highest BCUT2D eigenvalue weighted by atomic mass is 32.2. The van der Waals surface area contributed by atoms with Crippen LogP contribution in [0.15, 0.2) is 0 Å². The summed E-state index contributed by atoms with van der Waals surface area (Å²) in [4.78, 5) is 22.6. The average Bonchev–Trinajstić information content (AvgIpc) is 2.15. The Morgan fingerprint density at radius 2 is 1.89 bits per heavy atom. The van der Waals surface area contributed by atoms with Crippen molar-refractivity contribution in [3.8, 4) is 0 Å². The number of rotatable bonds is 8. The van der Waals surface area contributed by atoms with Crippen molar-refractivity contribution in [2.45, 2.75) is 45.1 Å². The number of aliphatic carboxylic acids is 1. The molecule has 0 aromatic heterocycles. The van der Waals surface area contributed by atoms with Gasteiger partial charge in [0.2, 0.25) is 5.91 Å². The van der Waals surface area contributed by atoms with Gasteiger partial charge in [-0.05, 0) is 19.8 Å². The van der Waals surface area contributed by atoms with E-state index in [1.54, 1.807) is 0 Å². The van der Waals surface area contributed by atoms with Crippen molar-refractivity contribution in [1.82, 2.24) is 5.32 Å². The molecule has 6 nitrogen and oxygen atoms in total. The van der Waals surface area contributed by atoms with Gasteiger partial charge >= 0.3 is 5.97 Å². The minimum atomic E-state index is -3.09. The largest absolute Gasteiger partial charge is 0.480 e. The van der Waals surface area contributed by atoms with Crippen molar-refractivity contribution in [1.29, 1.82) is 0 Å². The lowest BCUT2D eigenvalue weighted by molar-refractivity contribution is -0.147. The van der Waals surface area contributed by atoms with E-state index < -0.39 is 27.3 Å². The number of carbonyl (C=O) groups is 2. The van der Waals surface area contributed by atoms with E-state index in [1.165, 1.54) is 6.92 Å². The van der Waals surface area contributed by atoms with E-state index in [9.17, 15) is 18.0 Å². The second-order valence-electron chi connectivity index (χ2n) is 4.67. The van der Waals surface area contributed by atoms with Crippen molar-refractivity contribution >= 4 is 21.7 Å². The molecule has 7 heteroatoms. The molecule has 0 radical (unpaired) electrons. The fourth-order valence-corrected chi connectivity index (χ4v) is 2.26. The Balaban J connectivity index is 4.32. The number of amides is 1. The van der Waals surface area contributed by atoms with Gasteiger partial charge in [0.05, 0.1) is 5.75 Å². The van der Waals surface area contributed by atoms with E-state index >= 15 is 0 Å². The third kappa shape index (κ3) is 6.58.